The molecule has 148 valence electrons. The standard InChI is InChI=1S/C22H26FN3O2/c1-16-4-2-7-20(14-16)25-22(28)26-12-9-17(10-13-26)8-11-24-21(27)18-5-3-6-19(23)15-18/h2-7,14-15,17H,8-13H2,1H3,(H,24,27)(H,25,28). The van der Waals surface area contributed by atoms with Gasteiger partial charge in [-0.3, -0.25) is 4.79 Å². The van der Waals surface area contributed by atoms with Crippen molar-refractivity contribution in [1.29, 1.82) is 0 Å². The van der Waals surface area contributed by atoms with Crippen LogP contribution in [0, 0.1) is 18.7 Å². The summed E-state index contributed by atoms with van der Waals surface area (Å²) in [6.07, 6.45) is 2.68. The van der Waals surface area contributed by atoms with Gasteiger partial charge in [0.1, 0.15) is 5.82 Å². The molecular formula is C22H26FN3O2. The van der Waals surface area contributed by atoms with Crippen molar-refractivity contribution in [2.45, 2.75) is 26.2 Å². The van der Waals surface area contributed by atoms with E-state index in [4.69, 9.17) is 0 Å². The van der Waals surface area contributed by atoms with Crippen LogP contribution in [0.4, 0.5) is 14.9 Å². The molecule has 0 spiro atoms. The third kappa shape index (κ3) is 5.55. The van der Waals surface area contributed by atoms with E-state index in [1.807, 2.05) is 36.1 Å². The number of benzene rings is 2. The zero-order valence-corrected chi connectivity index (χ0v) is 16.1. The van der Waals surface area contributed by atoms with Crippen molar-refractivity contribution in [2.75, 3.05) is 25.0 Å². The van der Waals surface area contributed by atoms with Gasteiger partial charge in [-0.2, -0.15) is 0 Å². The highest BCUT2D eigenvalue weighted by Gasteiger charge is 2.22. The van der Waals surface area contributed by atoms with E-state index in [1.165, 1.54) is 18.2 Å². The van der Waals surface area contributed by atoms with Crippen LogP contribution >= 0.6 is 0 Å². The highest BCUT2D eigenvalue weighted by atomic mass is 19.1. The van der Waals surface area contributed by atoms with E-state index in [1.54, 1.807) is 6.07 Å². The molecule has 1 heterocycles. The van der Waals surface area contributed by atoms with Gasteiger partial charge in [0.15, 0.2) is 0 Å². The number of hydrogen-bond donors (Lipinski definition) is 2. The van der Waals surface area contributed by atoms with Gasteiger partial charge in [0.2, 0.25) is 0 Å². The summed E-state index contributed by atoms with van der Waals surface area (Å²) in [7, 11) is 0. The van der Waals surface area contributed by atoms with Gasteiger partial charge in [-0.1, -0.05) is 18.2 Å². The zero-order chi connectivity index (χ0) is 19.9. The molecule has 2 N–H and O–H groups in total. The van der Waals surface area contributed by atoms with Crippen molar-refractivity contribution in [3.05, 3.63) is 65.5 Å². The summed E-state index contributed by atoms with van der Waals surface area (Å²) in [6.45, 7) is 3.96. The van der Waals surface area contributed by atoms with Crippen molar-refractivity contribution in [2.24, 2.45) is 5.92 Å². The number of rotatable bonds is 5. The van der Waals surface area contributed by atoms with Crippen molar-refractivity contribution >= 4 is 17.6 Å². The SMILES string of the molecule is Cc1cccc(NC(=O)N2CCC(CCNC(=O)c3cccc(F)c3)CC2)c1. The molecule has 3 rings (SSSR count). The van der Waals surface area contributed by atoms with Crippen LogP contribution in [-0.2, 0) is 0 Å². The topological polar surface area (TPSA) is 61.4 Å². The minimum absolute atomic E-state index is 0.0662. The van der Waals surface area contributed by atoms with Crippen LogP contribution in [0.15, 0.2) is 48.5 Å². The second kappa shape index (κ2) is 9.35. The number of nitrogens with zero attached hydrogens (tertiary/aromatic N) is 1. The number of amides is 3. The van der Waals surface area contributed by atoms with E-state index < -0.39 is 5.82 Å². The number of aryl methyl sites for hydroxylation is 1. The average Bonchev–Trinajstić information content (AvgIpc) is 2.68. The quantitative estimate of drug-likeness (QED) is 0.813. The number of nitrogens with one attached hydrogen (secondary N) is 2. The maximum Gasteiger partial charge on any atom is 0.321 e. The van der Waals surface area contributed by atoms with E-state index in [2.05, 4.69) is 10.6 Å². The molecule has 2 aromatic carbocycles. The number of hydrogen-bond acceptors (Lipinski definition) is 2. The van der Waals surface area contributed by atoms with E-state index in [0.717, 1.165) is 30.5 Å². The number of piperidine rings is 1. The summed E-state index contributed by atoms with van der Waals surface area (Å²) < 4.78 is 13.2. The fraction of sp³-hybridized carbons (Fsp3) is 0.364. The highest BCUT2D eigenvalue weighted by molar-refractivity contribution is 5.94. The molecular weight excluding hydrogens is 357 g/mol. The zero-order valence-electron chi connectivity index (χ0n) is 16.1. The fourth-order valence-electron chi connectivity index (χ4n) is 3.47. The predicted octanol–water partition coefficient (Wildman–Crippen LogP) is 4.20. The Bertz CT molecular complexity index is 832. The maximum absolute atomic E-state index is 13.2. The lowest BCUT2D eigenvalue weighted by atomic mass is 9.93. The molecule has 28 heavy (non-hydrogen) atoms. The number of anilines is 1. The number of halogens is 1. The molecule has 0 saturated carbocycles. The predicted molar refractivity (Wildman–Crippen MR) is 108 cm³/mol. The first kappa shape index (κ1) is 19.9. The van der Waals surface area contributed by atoms with Gasteiger partial charge in [0, 0.05) is 30.9 Å². The number of carbonyl (C=O) groups is 2. The second-order valence-corrected chi connectivity index (χ2v) is 7.28. The van der Waals surface area contributed by atoms with Crippen molar-refractivity contribution in [3.63, 3.8) is 0 Å². The smallest absolute Gasteiger partial charge is 0.321 e. The van der Waals surface area contributed by atoms with Gasteiger partial charge in [-0.25, -0.2) is 9.18 Å². The maximum atomic E-state index is 13.2. The summed E-state index contributed by atoms with van der Waals surface area (Å²) in [5, 5.41) is 5.79. The van der Waals surface area contributed by atoms with E-state index >= 15 is 0 Å². The Morgan fingerprint density at radius 1 is 1.11 bits per heavy atom. The van der Waals surface area contributed by atoms with Gasteiger partial charge in [-0.05, 0) is 68.0 Å². The molecule has 3 amide bonds. The van der Waals surface area contributed by atoms with Crippen LogP contribution in [0.2, 0.25) is 0 Å². The van der Waals surface area contributed by atoms with Crippen LogP contribution < -0.4 is 10.6 Å². The number of urea groups is 1. The first-order valence-electron chi connectivity index (χ1n) is 9.67. The van der Waals surface area contributed by atoms with E-state index in [9.17, 15) is 14.0 Å². The first-order valence-corrected chi connectivity index (χ1v) is 9.67. The minimum Gasteiger partial charge on any atom is -0.352 e. The van der Waals surface area contributed by atoms with Crippen LogP contribution in [-0.4, -0.2) is 36.5 Å². The lowest BCUT2D eigenvalue weighted by Gasteiger charge is -2.32. The first-order chi connectivity index (χ1) is 13.5. The molecule has 0 bridgehead atoms. The summed E-state index contributed by atoms with van der Waals surface area (Å²) in [5.74, 6) is -0.200. The van der Waals surface area contributed by atoms with E-state index in [-0.39, 0.29) is 11.9 Å². The van der Waals surface area contributed by atoms with Crippen LogP contribution in [0.3, 0.4) is 0 Å². The molecule has 1 aliphatic rings. The Balaban J connectivity index is 1.38. The van der Waals surface area contributed by atoms with E-state index in [0.29, 0.717) is 31.1 Å². The molecule has 0 atom stereocenters. The van der Waals surface area contributed by atoms with Crippen molar-refractivity contribution < 1.29 is 14.0 Å². The molecule has 0 unspecified atom stereocenters. The molecule has 0 aromatic heterocycles. The Hall–Kier alpha value is -2.89. The monoisotopic (exact) mass is 383 g/mol. The third-order valence-electron chi connectivity index (χ3n) is 5.10. The number of carbonyl (C=O) groups excluding carboxylic acids is 2. The highest BCUT2D eigenvalue weighted by Crippen LogP contribution is 2.21. The molecule has 0 aliphatic carbocycles. The average molecular weight is 383 g/mol. The molecule has 1 saturated heterocycles. The van der Waals surface area contributed by atoms with Gasteiger partial charge >= 0.3 is 6.03 Å². The summed E-state index contributed by atoms with van der Waals surface area (Å²) in [5.41, 5.74) is 2.26. The van der Waals surface area contributed by atoms with Crippen molar-refractivity contribution in [3.8, 4) is 0 Å². The van der Waals surface area contributed by atoms with Crippen molar-refractivity contribution in [1.82, 2.24) is 10.2 Å². The lowest BCUT2D eigenvalue weighted by Crippen LogP contribution is -2.41. The third-order valence-corrected chi connectivity index (χ3v) is 5.10. The van der Waals surface area contributed by atoms with Crippen LogP contribution in [0.25, 0.3) is 0 Å². The molecule has 6 heteroatoms. The van der Waals surface area contributed by atoms with Crippen LogP contribution in [0.1, 0.15) is 35.2 Å². The molecule has 5 nitrogen and oxygen atoms in total. The normalized spacial score (nSPS) is 14.6. The molecule has 0 radical (unpaired) electrons. The van der Waals surface area contributed by atoms with Gasteiger partial charge in [0.25, 0.3) is 5.91 Å². The Morgan fingerprint density at radius 3 is 2.57 bits per heavy atom. The number of likely N-dealkylation sites (tertiary alicyclic amines) is 1. The summed E-state index contributed by atoms with van der Waals surface area (Å²) in [4.78, 5) is 26.3. The Labute approximate surface area is 164 Å². The molecule has 1 fully saturated rings. The summed E-state index contributed by atoms with van der Waals surface area (Å²) >= 11 is 0. The molecule has 1 aliphatic heterocycles. The second-order valence-electron chi connectivity index (χ2n) is 7.28. The van der Waals surface area contributed by atoms with Gasteiger partial charge in [0.05, 0.1) is 0 Å². The largest absolute Gasteiger partial charge is 0.352 e. The lowest BCUT2D eigenvalue weighted by molar-refractivity contribution is 0.0949. The van der Waals surface area contributed by atoms with Gasteiger partial charge < -0.3 is 15.5 Å². The Kier molecular flexibility index (Phi) is 6.63. The fourth-order valence-corrected chi connectivity index (χ4v) is 3.47. The Morgan fingerprint density at radius 2 is 1.86 bits per heavy atom. The molecule has 2 aromatic rings. The van der Waals surface area contributed by atoms with Crippen LogP contribution in [0.5, 0.6) is 0 Å². The van der Waals surface area contributed by atoms with Gasteiger partial charge in [-0.15, -0.1) is 0 Å². The summed E-state index contributed by atoms with van der Waals surface area (Å²) in [6, 6.07) is 13.4. The minimum atomic E-state index is -0.413.